The molecule has 0 spiro atoms. The number of halogens is 1. The lowest BCUT2D eigenvalue weighted by molar-refractivity contribution is -0.115. The Balaban J connectivity index is 1.97. The molecule has 1 atom stereocenters. The average molecular weight is 307 g/mol. The number of hydrogen-bond acceptors (Lipinski definition) is 3. The van der Waals surface area contributed by atoms with Crippen molar-refractivity contribution in [1.82, 2.24) is 0 Å². The molecule has 1 aromatic heterocycles. The fourth-order valence-electron chi connectivity index (χ4n) is 2.15. The van der Waals surface area contributed by atoms with E-state index in [-0.39, 0.29) is 11.9 Å². The summed E-state index contributed by atoms with van der Waals surface area (Å²) in [6, 6.07) is 7.36. The lowest BCUT2D eigenvalue weighted by Gasteiger charge is -2.12. The molecular weight excluding hydrogens is 296 g/mol. The third-order valence-corrected chi connectivity index (χ3v) is 3.74. The Bertz CT molecular complexity index is 621. The van der Waals surface area contributed by atoms with Crippen LogP contribution in [0.4, 0.5) is 5.69 Å². The number of benzene rings is 1. The van der Waals surface area contributed by atoms with E-state index in [0.29, 0.717) is 11.1 Å². The van der Waals surface area contributed by atoms with Gasteiger partial charge in [0.1, 0.15) is 0 Å². The first kappa shape index (κ1) is 11.5. The molecule has 4 nitrogen and oxygen atoms in total. The third-order valence-electron chi connectivity index (χ3n) is 3.09. The summed E-state index contributed by atoms with van der Waals surface area (Å²) in [5.41, 5.74) is 9.93. The number of carbonyl (C=O) groups excluding carboxylic acids is 1. The molecule has 1 aliphatic rings. The molecule has 2 heterocycles. The van der Waals surface area contributed by atoms with Gasteiger partial charge >= 0.3 is 0 Å². The highest BCUT2D eigenvalue weighted by molar-refractivity contribution is 9.10. The summed E-state index contributed by atoms with van der Waals surface area (Å²) in [5.74, 6) is 0.0280. The highest BCUT2D eigenvalue weighted by atomic mass is 79.9. The highest BCUT2D eigenvalue weighted by Crippen LogP contribution is 2.31. The summed E-state index contributed by atoms with van der Waals surface area (Å²) in [6.45, 7) is 0. The molecule has 0 saturated carbocycles. The number of carbonyl (C=O) groups is 1. The summed E-state index contributed by atoms with van der Waals surface area (Å²) in [7, 11) is 0. The second-order valence-corrected chi connectivity index (χ2v) is 4.99. The second kappa shape index (κ2) is 4.26. The van der Waals surface area contributed by atoms with Gasteiger partial charge in [0.05, 0.1) is 18.7 Å². The van der Waals surface area contributed by atoms with Crippen LogP contribution < -0.4 is 11.1 Å². The molecule has 0 bridgehead atoms. The summed E-state index contributed by atoms with van der Waals surface area (Å²) in [4.78, 5) is 11.3. The standard InChI is InChI=1S/C13H11BrN2O2/c14-13-9(3-4-18-13)12(15)7-1-2-10-8(5-7)6-11(17)16-10/h1-5,12H,6,15H2,(H,16,17). The van der Waals surface area contributed by atoms with Crippen molar-refractivity contribution in [3.63, 3.8) is 0 Å². The molecule has 2 aromatic rings. The van der Waals surface area contributed by atoms with Crippen LogP contribution in [0.5, 0.6) is 0 Å². The molecule has 0 radical (unpaired) electrons. The molecule has 0 saturated heterocycles. The monoisotopic (exact) mass is 306 g/mol. The molecule has 1 amide bonds. The zero-order valence-corrected chi connectivity index (χ0v) is 11.0. The lowest BCUT2D eigenvalue weighted by Crippen LogP contribution is -2.11. The van der Waals surface area contributed by atoms with Crippen LogP contribution >= 0.6 is 15.9 Å². The molecular formula is C13H11BrN2O2. The van der Waals surface area contributed by atoms with E-state index in [2.05, 4.69) is 21.2 Å². The van der Waals surface area contributed by atoms with Crippen LogP contribution in [-0.2, 0) is 11.2 Å². The number of nitrogens with one attached hydrogen (secondary N) is 1. The van der Waals surface area contributed by atoms with Crippen LogP contribution in [0, 0.1) is 0 Å². The Morgan fingerprint density at radius 1 is 1.39 bits per heavy atom. The van der Waals surface area contributed by atoms with Gasteiger partial charge in [-0.25, -0.2) is 0 Å². The SMILES string of the molecule is NC(c1ccc2c(c1)CC(=O)N2)c1ccoc1Br. The van der Waals surface area contributed by atoms with Crippen LogP contribution in [0.25, 0.3) is 0 Å². The zero-order chi connectivity index (χ0) is 12.7. The van der Waals surface area contributed by atoms with E-state index in [1.54, 1.807) is 6.26 Å². The number of amides is 1. The second-order valence-electron chi connectivity index (χ2n) is 4.27. The lowest BCUT2D eigenvalue weighted by atomic mass is 9.99. The van der Waals surface area contributed by atoms with Crippen LogP contribution in [-0.4, -0.2) is 5.91 Å². The van der Waals surface area contributed by atoms with E-state index in [4.69, 9.17) is 10.2 Å². The fraction of sp³-hybridized carbons (Fsp3) is 0.154. The zero-order valence-electron chi connectivity index (χ0n) is 9.44. The first-order chi connectivity index (χ1) is 8.65. The first-order valence-electron chi connectivity index (χ1n) is 5.56. The van der Waals surface area contributed by atoms with Gasteiger partial charge in [-0.05, 0) is 39.2 Å². The average Bonchev–Trinajstić information content (AvgIpc) is 2.91. The van der Waals surface area contributed by atoms with Crippen LogP contribution in [0.1, 0.15) is 22.7 Å². The van der Waals surface area contributed by atoms with Crippen molar-refractivity contribution >= 4 is 27.5 Å². The first-order valence-corrected chi connectivity index (χ1v) is 6.35. The maximum Gasteiger partial charge on any atom is 0.228 e. The fourth-order valence-corrected chi connectivity index (χ4v) is 2.64. The molecule has 92 valence electrons. The largest absolute Gasteiger partial charge is 0.457 e. The molecule has 0 aliphatic carbocycles. The van der Waals surface area contributed by atoms with Crippen molar-refractivity contribution < 1.29 is 9.21 Å². The Morgan fingerprint density at radius 2 is 2.22 bits per heavy atom. The number of nitrogens with two attached hydrogens (primary N) is 1. The Morgan fingerprint density at radius 3 is 2.94 bits per heavy atom. The van der Waals surface area contributed by atoms with E-state index in [1.807, 2.05) is 24.3 Å². The summed E-state index contributed by atoms with van der Waals surface area (Å²) < 4.78 is 5.83. The highest BCUT2D eigenvalue weighted by Gasteiger charge is 2.20. The molecule has 3 N–H and O–H groups in total. The van der Waals surface area contributed by atoms with Crippen molar-refractivity contribution in [2.24, 2.45) is 5.73 Å². The summed E-state index contributed by atoms with van der Waals surface area (Å²) in [5, 5.41) is 2.80. The maximum atomic E-state index is 11.3. The van der Waals surface area contributed by atoms with Gasteiger partial charge < -0.3 is 15.5 Å². The minimum atomic E-state index is -0.265. The molecule has 5 heteroatoms. The number of anilines is 1. The maximum absolute atomic E-state index is 11.3. The van der Waals surface area contributed by atoms with Gasteiger partial charge in [0.2, 0.25) is 5.91 Å². The van der Waals surface area contributed by atoms with E-state index in [1.165, 1.54) is 0 Å². The normalized spacial score (nSPS) is 15.3. The predicted molar refractivity (Wildman–Crippen MR) is 71.2 cm³/mol. The number of hydrogen-bond donors (Lipinski definition) is 2. The Kier molecular flexibility index (Phi) is 2.72. The van der Waals surface area contributed by atoms with E-state index in [0.717, 1.165) is 22.4 Å². The van der Waals surface area contributed by atoms with Crippen molar-refractivity contribution in [2.45, 2.75) is 12.5 Å². The minimum absolute atomic E-state index is 0.0280. The smallest absolute Gasteiger partial charge is 0.228 e. The van der Waals surface area contributed by atoms with Crippen molar-refractivity contribution in [1.29, 1.82) is 0 Å². The quantitative estimate of drug-likeness (QED) is 0.896. The molecule has 1 unspecified atom stereocenters. The Hall–Kier alpha value is -1.59. The summed E-state index contributed by atoms with van der Waals surface area (Å²) in [6.07, 6.45) is 2.01. The molecule has 0 fully saturated rings. The van der Waals surface area contributed by atoms with Gasteiger partial charge in [0.25, 0.3) is 0 Å². The van der Waals surface area contributed by atoms with Gasteiger partial charge in [0, 0.05) is 11.3 Å². The predicted octanol–water partition coefficient (Wildman–Crippen LogP) is 2.58. The number of rotatable bonds is 2. The van der Waals surface area contributed by atoms with E-state index < -0.39 is 0 Å². The van der Waals surface area contributed by atoms with Gasteiger partial charge in [-0.15, -0.1) is 0 Å². The van der Waals surface area contributed by atoms with Crippen LogP contribution in [0.15, 0.2) is 39.6 Å². The van der Waals surface area contributed by atoms with Crippen molar-refractivity contribution in [2.75, 3.05) is 5.32 Å². The number of fused-ring (bicyclic) bond motifs is 1. The van der Waals surface area contributed by atoms with E-state index >= 15 is 0 Å². The molecule has 3 rings (SSSR count). The minimum Gasteiger partial charge on any atom is -0.457 e. The van der Waals surface area contributed by atoms with Crippen molar-refractivity contribution in [3.05, 3.63) is 51.9 Å². The van der Waals surface area contributed by atoms with Gasteiger partial charge in [-0.1, -0.05) is 12.1 Å². The third kappa shape index (κ3) is 1.85. The van der Waals surface area contributed by atoms with Crippen LogP contribution in [0.3, 0.4) is 0 Å². The van der Waals surface area contributed by atoms with Gasteiger partial charge in [-0.3, -0.25) is 4.79 Å². The van der Waals surface area contributed by atoms with Crippen molar-refractivity contribution in [3.8, 4) is 0 Å². The molecule has 18 heavy (non-hydrogen) atoms. The molecule has 1 aliphatic heterocycles. The topological polar surface area (TPSA) is 68.3 Å². The van der Waals surface area contributed by atoms with E-state index in [9.17, 15) is 4.79 Å². The molecule has 1 aromatic carbocycles. The van der Waals surface area contributed by atoms with Crippen LogP contribution in [0.2, 0.25) is 0 Å². The number of furan rings is 1. The van der Waals surface area contributed by atoms with Gasteiger partial charge in [0.15, 0.2) is 4.67 Å². The Labute approximate surface area is 112 Å². The summed E-state index contributed by atoms with van der Waals surface area (Å²) >= 11 is 3.32. The van der Waals surface area contributed by atoms with Gasteiger partial charge in [-0.2, -0.15) is 0 Å².